The first-order chi connectivity index (χ1) is 13.2. The van der Waals surface area contributed by atoms with Crippen molar-refractivity contribution < 1.29 is 22.7 Å². The second-order valence-corrected chi connectivity index (χ2v) is 7.82. The zero-order chi connectivity index (χ0) is 20.1. The smallest absolute Gasteiger partial charge is 0.301 e. The van der Waals surface area contributed by atoms with Gasteiger partial charge in [-0.1, -0.05) is 12.5 Å². The molecule has 0 bridgehead atoms. The number of benzene rings is 1. The molecule has 1 fully saturated rings. The highest BCUT2D eigenvalue weighted by atomic mass is 19.3. The average molecular weight is 392 g/mol. The van der Waals surface area contributed by atoms with Crippen LogP contribution in [-0.2, 0) is 6.42 Å². The topological polar surface area (TPSA) is 38.0 Å². The lowest BCUT2D eigenvalue weighted by Gasteiger charge is -2.42. The van der Waals surface area contributed by atoms with Crippen LogP contribution < -0.4 is 0 Å². The molecule has 2 aromatic rings. The number of hydrogen-bond acceptors (Lipinski definition) is 2. The molecule has 2 aliphatic carbocycles. The third kappa shape index (κ3) is 2.89. The Hall–Kier alpha value is -2.41. The molecule has 28 heavy (non-hydrogen) atoms. The maximum Gasteiger partial charge on any atom is 0.301 e. The molecule has 0 aliphatic heterocycles. The van der Waals surface area contributed by atoms with Crippen molar-refractivity contribution in [2.75, 3.05) is 0 Å². The zero-order valence-electron chi connectivity index (χ0n) is 15.4. The molecule has 0 unspecified atom stereocenters. The van der Waals surface area contributed by atoms with Gasteiger partial charge in [-0.05, 0) is 61.6 Å². The Morgan fingerprint density at radius 2 is 1.93 bits per heavy atom. The number of aliphatic hydroxyl groups is 1. The fourth-order valence-corrected chi connectivity index (χ4v) is 4.53. The summed E-state index contributed by atoms with van der Waals surface area (Å²) in [5, 5.41) is 15.6. The molecule has 2 atom stereocenters. The Morgan fingerprint density at radius 1 is 1.21 bits per heavy atom. The Kier molecular flexibility index (Phi) is 4.45. The van der Waals surface area contributed by atoms with Crippen LogP contribution in [-0.4, -0.2) is 20.5 Å². The normalized spacial score (nSPS) is 25.9. The summed E-state index contributed by atoms with van der Waals surface area (Å²) in [6.45, 7) is 1.90. The van der Waals surface area contributed by atoms with Crippen molar-refractivity contribution in [2.45, 2.75) is 44.6 Å². The van der Waals surface area contributed by atoms with E-state index in [1.54, 1.807) is 23.0 Å². The quantitative estimate of drug-likeness (QED) is 0.714. The molecule has 1 saturated carbocycles. The predicted octanol–water partition coefficient (Wildman–Crippen LogP) is 5.34. The molecule has 0 saturated heterocycles. The third-order valence-electron chi connectivity index (χ3n) is 6.32. The van der Waals surface area contributed by atoms with E-state index in [4.69, 9.17) is 0 Å². The van der Waals surface area contributed by atoms with Crippen molar-refractivity contribution in [1.82, 2.24) is 9.78 Å². The highest BCUT2D eigenvalue weighted by Gasteiger charge is 2.54. The van der Waals surface area contributed by atoms with Crippen molar-refractivity contribution in [3.63, 3.8) is 0 Å². The van der Waals surface area contributed by atoms with Gasteiger partial charge in [-0.3, -0.25) is 0 Å². The molecule has 0 radical (unpaired) electrons. The van der Waals surface area contributed by atoms with E-state index in [1.807, 2.05) is 13.0 Å². The highest BCUT2D eigenvalue weighted by Crippen LogP contribution is 2.57. The van der Waals surface area contributed by atoms with Crippen molar-refractivity contribution in [3.8, 4) is 5.69 Å². The molecule has 1 heterocycles. The largest absolute Gasteiger partial charge is 0.389 e. The highest BCUT2D eigenvalue weighted by molar-refractivity contribution is 5.62. The van der Waals surface area contributed by atoms with Gasteiger partial charge in [0, 0.05) is 11.8 Å². The van der Waals surface area contributed by atoms with E-state index in [2.05, 4.69) is 5.10 Å². The second kappa shape index (κ2) is 6.58. The Balaban J connectivity index is 1.66. The van der Waals surface area contributed by atoms with Crippen molar-refractivity contribution in [1.29, 1.82) is 0 Å². The van der Waals surface area contributed by atoms with Crippen LogP contribution in [0.5, 0.6) is 0 Å². The van der Waals surface area contributed by atoms with E-state index in [0.717, 1.165) is 22.5 Å². The lowest BCUT2D eigenvalue weighted by molar-refractivity contribution is -0.0472. The molecule has 1 N–H and O–H groups in total. The van der Waals surface area contributed by atoms with E-state index < -0.39 is 29.3 Å². The minimum absolute atomic E-state index is 0.0640. The Labute approximate surface area is 160 Å². The molecule has 3 nitrogen and oxygen atoms in total. The summed E-state index contributed by atoms with van der Waals surface area (Å²) in [6.07, 6.45) is 2.28. The molecule has 4 rings (SSSR count). The minimum Gasteiger partial charge on any atom is -0.389 e. The van der Waals surface area contributed by atoms with E-state index in [0.29, 0.717) is 19.3 Å². The maximum atomic E-state index is 13.3. The van der Waals surface area contributed by atoms with Crippen LogP contribution in [0.25, 0.3) is 11.8 Å². The van der Waals surface area contributed by atoms with Gasteiger partial charge in [0.15, 0.2) is 5.83 Å². The van der Waals surface area contributed by atoms with Gasteiger partial charge in [-0.2, -0.15) is 13.9 Å². The molecule has 148 valence electrons. The summed E-state index contributed by atoms with van der Waals surface area (Å²) in [4.78, 5) is 0. The van der Waals surface area contributed by atoms with Gasteiger partial charge in [0.2, 0.25) is 0 Å². The Bertz CT molecular complexity index is 975. The first-order valence-corrected chi connectivity index (χ1v) is 9.19. The van der Waals surface area contributed by atoms with Crippen LogP contribution >= 0.6 is 0 Å². The predicted molar refractivity (Wildman–Crippen MR) is 97.1 cm³/mol. The summed E-state index contributed by atoms with van der Waals surface area (Å²) in [7, 11) is 0. The molecular weight excluding hydrogens is 372 g/mol. The van der Waals surface area contributed by atoms with Crippen LogP contribution in [0, 0.1) is 11.2 Å². The summed E-state index contributed by atoms with van der Waals surface area (Å²) in [5.74, 6) is -1.79. The number of nitrogens with zero attached hydrogens (tertiary/aromatic N) is 2. The third-order valence-corrected chi connectivity index (χ3v) is 6.32. The number of rotatable bonds is 4. The Morgan fingerprint density at radius 3 is 2.61 bits per heavy atom. The van der Waals surface area contributed by atoms with E-state index in [1.165, 1.54) is 12.1 Å². The van der Waals surface area contributed by atoms with Gasteiger partial charge in [-0.25, -0.2) is 13.5 Å². The summed E-state index contributed by atoms with van der Waals surface area (Å²) < 4.78 is 53.1. The van der Waals surface area contributed by atoms with Gasteiger partial charge < -0.3 is 5.11 Å². The molecule has 1 aromatic carbocycles. The zero-order valence-corrected chi connectivity index (χ0v) is 15.4. The summed E-state index contributed by atoms with van der Waals surface area (Å²) in [6, 6.07) is 6.01. The van der Waals surface area contributed by atoms with Crippen molar-refractivity contribution in [3.05, 3.63) is 65.0 Å². The lowest BCUT2D eigenvalue weighted by Crippen LogP contribution is -2.45. The molecule has 7 heteroatoms. The molecule has 1 aromatic heterocycles. The van der Waals surface area contributed by atoms with Gasteiger partial charge in [0.05, 0.1) is 23.2 Å². The van der Waals surface area contributed by atoms with Crippen LogP contribution in [0.1, 0.15) is 43.9 Å². The van der Waals surface area contributed by atoms with Gasteiger partial charge in [0.1, 0.15) is 5.82 Å². The maximum absolute atomic E-state index is 13.3. The summed E-state index contributed by atoms with van der Waals surface area (Å²) >= 11 is 0. The molecule has 0 spiro atoms. The average Bonchev–Trinajstić information content (AvgIpc) is 3.17. The fourth-order valence-electron chi connectivity index (χ4n) is 4.53. The number of halogens is 4. The molecule has 0 amide bonds. The number of allylic oxidation sites excluding steroid dienone is 1. The lowest BCUT2D eigenvalue weighted by atomic mass is 9.66. The van der Waals surface area contributed by atoms with Crippen LogP contribution in [0.4, 0.5) is 17.6 Å². The number of fused-ring (bicyclic) bond motifs is 2. The molecular formula is C21H20F4N2O. The summed E-state index contributed by atoms with van der Waals surface area (Å²) in [5.41, 5.74) is 1.57. The SMILES string of the molecule is C[C@]12Cc3cnn(-c4ccc(F)cc4)c3C=C1CC[C@@]2(O)CCC(F)=C(F)F. The van der Waals surface area contributed by atoms with Crippen LogP contribution in [0.2, 0.25) is 0 Å². The number of aromatic nitrogens is 2. The van der Waals surface area contributed by atoms with Crippen molar-refractivity contribution >= 4 is 6.08 Å². The standard InChI is InChI=1S/C21H20F4N2O/c1-20-11-13-12-26-27(16-4-2-15(22)3-5-16)18(13)10-14(20)6-8-21(20,28)9-7-17(23)19(24)25/h2-5,10,12,28H,6-9,11H2,1H3/t20-,21+/m0/s1. The van der Waals surface area contributed by atoms with E-state index >= 15 is 0 Å². The van der Waals surface area contributed by atoms with Crippen LogP contribution in [0.15, 0.2) is 47.9 Å². The van der Waals surface area contributed by atoms with Crippen LogP contribution in [0.3, 0.4) is 0 Å². The minimum atomic E-state index is -2.32. The van der Waals surface area contributed by atoms with E-state index in [-0.39, 0.29) is 12.2 Å². The van der Waals surface area contributed by atoms with Gasteiger partial charge in [0.25, 0.3) is 0 Å². The molecule has 2 aliphatic rings. The van der Waals surface area contributed by atoms with Gasteiger partial charge in [-0.15, -0.1) is 0 Å². The van der Waals surface area contributed by atoms with Gasteiger partial charge >= 0.3 is 6.08 Å². The van der Waals surface area contributed by atoms with E-state index in [9.17, 15) is 22.7 Å². The fraction of sp³-hybridized carbons (Fsp3) is 0.381. The first kappa shape index (κ1) is 18.9. The second-order valence-electron chi connectivity index (χ2n) is 7.82. The first-order valence-electron chi connectivity index (χ1n) is 9.19. The van der Waals surface area contributed by atoms with Crippen molar-refractivity contribution in [2.24, 2.45) is 5.41 Å². The monoisotopic (exact) mass is 392 g/mol. The number of hydrogen-bond donors (Lipinski definition) is 1.